The molecule has 0 saturated heterocycles. The van der Waals surface area contributed by atoms with Crippen LogP contribution in [0.5, 0.6) is 0 Å². The maximum absolute atomic E-state index is 10.5. The second-order valence-corrected chi connectivity index (χ2v) is 3.68. The molecule has 0 heterocycles. The van der Waals surface area contributed by atoms with Crippen molar-refractivity contribution in [2.24, 2.45) is 0 Å². The lowest BCUT2D eigenvalue weighted by Gasteiger charge is -1.97. The van der Waals surface area contributed by atoms with Crippen molar-refractivity contribution in [3.8, 4) is 0 Å². The first-order valence-electron chi connectivity index (χ1n) is 3.51. The second-order valence-electron chi connectivity index (χ2n) is 2.59. The van der Waals surface area contributed by atoms with Gasteiger partial charge >= 0.3 is 13.9 Å². The molecule has 1 rings (SSSR count). The Morgan fingerprint density at radius 1 is 1.33 bits per heavy atom. The molecule has 1 aromatic carbocycles. The molecule has 0 aliphatic rings. The molecule has 0 spiro atoms. The zero-order chi connectivity index (χ0) is 9.14. The van der Waals surface area contributed by atoms with Crippen LogP contribution in [0.4, 0.5) is 0 Å². The molecule has 4 heteroatoms. The lowest BCUT2D eigenvalue weighted by atomic mass is 10.2. The second kappa shape index (κ2) is 3.76. The molecule has 12 heavy (non-hydrogen) atoms. The van der Waals surface area contributed by atoms with Gasteiger partial charge in [0.25, 0.3) is 0 Å². The van der Waals surface area contributed by atoms with Crippen LogP contribution in [0.3, 0.4) is 0 Å². The smallest absolute Gasteiger partial charge is 0.345 e. The highest BCUT2D eigenvalue weighted by atomic mass is 31.1. The number of aryl methyl sites for hydroxylation is 1. The predicted octanol–water partition coefficient (Wildman–Crippen LogP) is 1.72. The van der Waals surface area contributed by atoms with Crippen molar-refractivity contribution in [2.45, 2.75) is 12.8 Å². The van der Waals surface area contributed by atoms with Crippen molar-refractivity contribution in [3.63, 3.8) is 0 Å². The van der Waals surface area contributed by atoms with Crippen LogP contribution in [0.25, 0.3) is 0 Å². The van der Waals surface area contributed by atoms with Crippen molar-refractivity contribution in [1.82, 2.24) is 0 Å². The van der Waals surface area contributed by atoms with Crippen LogP contribution in [0, 0.1) is 6.92 Å². The van der Waals surface area contributed by atoms with Crippen LogP contribution < -0.4 is 0 Å². The average Bonchev–Trinajstić information content (AvgIpc) is 2.04. The van der Waals surface area contributed by atoms with Crippen molar-refractivity contribution in [2.75, 3.05) is 0 Å². The normalized spacial score (nSPS) is 14.1. The van der Waals surface area contributed by atoms with E-state index in [4.69, 9.17) is 10.00 Å². The highest BCUT2D eigenvalue weighted by Gasteiger charge is 2.27. The SMILES string of the molecule is Cc1ccc(C(O)[P+](=O)O)cc1. The summed E-state index contributed by atoms with van der Waals surface area (Å²) in [7, 11) is -2.54. The Kier molecular flexibility index (Phi) is 2.93. The summed E-state index contributed by atoms with van der Waals surface area (Å²) in [6.45, 7) is 1.91. The van der Waals surface area contributed by atoms with Crippen molar-refractivity contribution >= 4 is 8.03 Å². The van der Waals surface area contributed by atoms with Crippen LogP contribution in [0.1, 0.15) is 17.0 Å². The number of aliphatic hydroxyl groups excluding tert-OH is 1. The Labute approximate surface area is 71.5 Å². The molecule has 0 radical (unpaired) electrons. The fourth-order valence-corrected chi connectivity index (χ4v) is 1.29. The molecule has 0 fully saturated rings. The summed E-state index contributed by atoms with van der Waals surface area (Å²) in [4.78, 5) is 8.60. The van der Waals surface area contributed by atoms with Gasteiger partial charge in [0.15, 0.2) is 0 Å². The van der Waals surface area contributed by atoms with E-state index in [9.17, 15) is 4.57 Å². The molecule has 0 aromatic heterocycles. The Hall–Kier alpha value is -0.760. The minimum Gasteiger partial charge on any atom is -0.345 e. The molecule has 1 aromatic rings. The predicted molar refractivity (Wildman–Crippen MR) is 46.0 cm³/mol. The van der Waals surface area contributed by atoms with Gasteiger partial charge in [-0.25, -0.2) is 0 Å². The number of benzene rings is 1. The minimum atomic E-state index is -2.54. The Bertz CT molecular complexity index is 281. The van der Waals surface area contributed by atoms with Gasteiger partial charge in [0.1, 0.15) is 0 Å². The summed E-state index contributed by atoms with van der Waals surface area (Å²) in [5.74, 6) is -1.26. The van der Waals surface area contributed by atoms with Gasteiger partial charge in [0.05, 0.1) is 0 Å². The summed E-state index contributed by atoms with van der Waals surface area (Å²) in [5.41, 5.74) is 1.53. The van der Waals surface area contributed by atoms with E-state index in [0.29, 0.717) is 5.56 Å². The van der Waals surface area contributed by atoms with Crippen LogP contribution >= 0.6 is 8.03 Å². The van der Waals surface area contributed by atoms with Crippen LogP contribution in [-0.4, -0.2) is 10.00 Å². The van der Waals surface area contributed by atoms with E-state index in [1.165, 1.54) is 0 Å². The van der Waals surface area contributed by atoms with E-state index in [-0.39, 0.29) is 0 Å². The third kappa shape index (κ3) is 2.11. The van der Waals surface area contributed by atoms with Gasteiger partial charge in [0, 0.05) is 5.56 Å². The number of rotatable bonds is 2. The molecule has 2 N–H and O–H groups in total. The van der Waals surface area contributed by atoms with Gasteiger partial charge in [-0.2, -0.15) is 4.89 Å². The minimum absolute atomic E-state index is 0.476. The average molecular weight is 185 g/mol. The molecule has 0 bridgehead atoms. The topological polar surface area (TPSA) is 57.5 Å². The summed E-state index contributed by atoms with van der Waals surface area (Å²) < 4.78 is 10.5. The van der Waals surface area contributed by atoms with E-state index in [1.807, 2.05) is 6.92 Å². The molecule has 2 unspecified atom stereocenters. The fraction of sp³-hybridized carbons (Fsp3) is 0.250. The molecule has 0 saturated carbocycles. The van der Waals surface area contributed by atoms with Gasteiger partial charge < -0.3 is 5.11 Å². The summed E-state index contributed by atoms with van der Waals surface area (Å²) in [6.07, 6.45) is 0. The first-order valence-corrected chi connectivity index (χ1v) is 4.79. The summed E-state index contributed by atoms with van der Waals surface area (Å²) in [6, 6.07) is 6.86. The van der Waals surface area contributed by atoms with Gasteiger partial charge in [-0.3, -0.25) is 0 Å². The van der Waals surface area contributed by atoms with Crippen LogP contribution in [-0.2, 0) is 4.57 Å². The van der Waals surface area contributed by atoms with Crippen molar-refractivity contribution in [3.05, 3.63) is 35.4 Å². The van der Waals surface area contributed by atoms with Crippen molar-refractivity contribution in [1.29, 1.82) is 0 Å². The van der Waals surface area contributed by atoms with E-state index in [0.717, 1.165) is 5.56 Å². The van der Waals surface area contributed by atoms with Crippen molar-refractivity contribution < 1.29 is 14.6 Å². The van der Waals surface area contributed by atoms with E-state index < -0.39 is 13.9 Å². The fourth-order valence-electron chi connectivity index (χ4n) is 0.866. The Balaban J connectivity index is 2.89. The monoisotopic (exact) mass is 185 g/mol. The zero-order valence-corrected chi connectivity index (χ0v) is 7.53. The van der Waals surface area contributed by atoms with Crippen LogP contribution in [0.15, 0.2) is 24.3 Å². The molecule has 64 valence electrons. The number of aliphatic hydroxyl groups is 1. The highest BCUT2D eigenvalue weighted by molar-refractivity contribution is 7.38. The van der Waals surface area contributed by atoms with E-state index in [2.05, 4.69) is 0 Å². The molecular formula is C8H10O3P+. The zero-order valence-electron chi connectivity index (χ0n) is 6.64. The largest absolute Gasteiger partial charge is 0.542 e. The molecule has 3 nitrogen and oxygen atoms in total. The van der Waals surface area contributed by atoms with E-state index >= 15 is 0 Å². The lowest BCUT2D eigenvalue weighted by Crippen LogP contribution is -1.90. The van der Waals surface area contributed by atoms with Crippen LogP contribution in [0.2, 0.25) is 0 Å². The maximum Gasteiger partial charge on any atom is 0.542 e. The third-order valence-corrected chi connectivity index (χ3v) is 2.30. The van der Waals surface area contributed by atoms with Gasteiger partial charge in [-0.15, -0.1) is 0 Å². The first-order chi connectivity index (χ1) is 5.61. The Morgan fingerprint density at radius 2 is 1.83 bits per heavy atom. The third-order valence-electron chi connectivity index (χ3n) is 1.58. The van der Waals surface area contributed by atoms with Gasteiger partial charge in [0.2, 0.25) is 0 Å². The standard InChI is InChI=1S/C8H9O3P/c1-6-2-4-7(5-3-6)8(9)12(10)11/h2-5,8-9H,1H3/p+1. The van der Waals surface area contributed by atoms with Gasteiger partial charge in [-0.05, 0) is 11.5 Å². The highest BCUT2D eigenvalue weighted by Crippen LogP contribution is 2.34. The molecule has 2 atom stereocenters. The lowest BCUT2D eigenvalue weighted by molar-refractivity contribution is 0.243. The summed E-state index contributed by atoms with van der Waals surface area (Å²) in [5, 5.41) is 9.15. The number of hydrogen-bond acceptors (Lipinski definition) is 2. The maximum atomic E-state index is 10.5. The molecular weight excluding hydrogens is 175 g/mol. The molecule has 0 aliphatic carbocycles. The number of hydrogen-bond donors (Lipinski definition) is 2. The first kappa shape index (κ1) is 9.33. The quantitative estimate of drug-likeness (QED) is 0.689. The molecule has 0 amide bonds. The van der Waals surface area contributed by atoms with E-state index in [1.54, 1.807) is 24.3 Å². The summed E-state index contributed by atoms with van der Waals surface area (Å²) >= 11 is 0. The molecule has 0 aliphatic heterocycles. The van der Waals surface area contributed by atoms with Gasteiger partial charge in [-0.1, -0.05) is 29.8 Å². The Morgan fingerprint density at radius 3 is 2.25 bits per heavy atom.